The Labute approximate surface area is 103 Å². The van der Waals surface area contributed by atoms with E-state index in [2.05, 4.69) is 15.6 Å². The molecule has 1 aromatic carbocycles. The third-order valence-corrected chi connectivity index (χ3v) is 2.12. The van der Waals surface area contributed by atoms with Crippen molar-refractivity contribution in [3.05, 3.63) is 43.0 Å². The smallest absolute Gasteiger partial charge is 0.331 e. The summed E-state index contributed by atoms with van der Waals surface area (Å²) in [4.78, 5) is 26.2. The normalized spacial score (nSPS) is 9.78. The molecule has 0 aliphatic heterocycles. The van der Waals surface area contributed by atoms with Crippen LogP contribution in [0.2, 0.25) is 0 Å². The number of imidazole rings is 1. The van der Waals surface area contributed by atoms with Gasteiger partial charge in [-0.1, -0.05) is 6.07 Å². The quantitative estimate of drug-likeness (QED) is 0.746. The van der Waals surface area contributed by atoms with Gasteiger partial charge < -0.3 is 16.4 Å². The lowest BCUT2D eigenvalue weighted by atomic mass is 10.3. The van der Waals surface area contributed by atoms with Gasteiger partial charge in [0, 0.05) is 23.8 Å². The molecule has 1 heterocycles. The largest absolute Gasteiger partial charge is 0.351 e. The van der Waals surface area contributed by atoms with E-state index >= 15 is 0 Å². The van der Waals surface area contributed by atoms with Crippen LogP contribution in [0.4, 0.5) is 21.0 Å². The Morgan fingerprint density at radius 2 is 1.94 bits per heavy atom. The Morgan fingerprint density at radius 3 is 2.56 bits per heavy atom. The van der Waals surface area contributed by atoms with Crippen molar-refractivity contribution < 1.29 is 9.59 Å². The van der Waals surface area contributed by atoms with Gasteiger partial charge >= 0.3 is 12.1 Å². The first kappa shape index (κ1) is 11.6. The average Bonchev–Trinajstić information content (AvgIpc) is 2.81. The Bertz CT molecular complexity index is 565. The van der Waals surface area contributed by atoms with Crippen molar-refractivity contribution in [2.45, 2.75) is 0 Å². The fourth-order valence-electron chi connectivity index (χ4n) is 1.38. The lowest BCUT2D eigenvalue weighted by Crippen LogP contribution is -2.20. The van der Waals surface area contributed by atoms with Crippen LogP contribution in [0.25, 0.3) is 0 Å². The molecule has 0 atom stereocenters. The zero-order valence-electron chi connectivity index (χ0n) is 9.33. The van der Waals surface area contributed by atoms with E-state index in [1.54, 1.807) is 24.3 Å². The van der Waals surface area contributed by atoms with Crippen LogP contribution in [0.3, 0.4) is 0 Å². The second-order valence-corrected chi connectivity index (χ2v) is 3.47. The second kappa shape index (κ2) is 5.00. The molecule has 0 saturated carbocycles. The number of hydrogen-bond acceptors (Lipinski definition) is 3. The van der Waals surface area contributed by atoms with Crippen LogP contribution >= 0.6 is 0 Å². The summed E-state index contributed by atoms with van der Waals surface area (Å²) < 4.78 is 1.30. The lowest BCUT2D eigenvalue weighted by molar-refractivity contribution is 0.253. The van der Waals surface area contributed by atoms with Crippen molar-refractivity contribution in [3.8, 4) is 0 Å². The van der Waals surface area contributed by atoms with Gasteiger partial charge in [0.05, 0.1) is 0 Å². The number of rotatable bonds is 2. The molecule has 0 bridgehead atoms. The molecule has 92 valence electrons. The SMILES string of the molecule is NC(=O)Nc1cccc(NC(=O)n2ccnc2)c1. The predicted octanol–water partition coefficient (Wildman–Crippen LogP) is 1.45. The van der Waals surface area contributed by atoms with Crippen LogP contribution in [0, 0.1) is 0 Å². The monoisotopic (exact) mass is 245 g/mol. The van der Waals surface area contributed by atoms with Crippen molar-refractivity contribution in [2.24, 2.45) is 5.73 Å². The molecule has 0 unspecified atom stereocenters. The van der Waals surface area contributed by atoms with Crippen molar-refractivity contribution in [3.63, 3.8) is 0 Å². The number of carbonyl (C=O) groups excluding carboxylic acids is 2. The van der Waals surface area contributed by atoms with E-state index in [1.807, 2.05) is 0 Å². The number of benzene rings is 1. The molecule has 0 saturated heterocycles. The number of aromatic nitrogens is 2. The maximum Gasteiger partial charge on any atom is 0.331 e. The zero-order valence-corrected chi connectivity index (χ0v) is 9.33. The van der Waals surface area contributed by atoms with Crippen LogP contribution in [0.5, 0.6) is 0 Å². The van der Waals surface area contributed by atoms with Crippen LogP contribution in [-0.2, 0) is 0 Å². The number of nitrogens with zero attached hydrogens (tertiary/aromatic N) is 2. The molecular formula is C11H11N5O2. The number of amides is 3. The van der Waals surface area contributed by atoms with Crippen molar-refractivity contribution >= 4 is 23.4 Å². The summed E-state index contributed by atoms with van der Waals surface area (Å²) in [6, 6.07) is 5.64. The average molecular weight is 245 g/mol. The maximum absolute atomic E-state index is 11.7. The summed E-state index contributed by atoms with van der Waals surface area (Å²) in [6.45, 7) is 0. The molecule has 7 heteroatoms. The second-order valence-electron chi connectivity index (χ2n) is 3.47. The summed E-state index contributed by atoms with van der Waals surface area (Å²) in [5.41, 5.74) is 6.05. The summed E-state index contributed by atoms with van der Waals surface area (Å²) in [5.74, 6) is 0. The number of nitrogens with one attached hydrogen (secondary N) is 2. The number of carbonyl (C=O) groups is 2. The van der Waals surface area contributed by atoms with Crippen molar-refractivity contribution in [2.75, 3.05) is 10.6 Å². The number of hydrogen-bond donors (Lipinski definition) is 3. The van der Waals surface area contributed by atoms with E-state index in [0.29, 0.717) is 11.4 Å². The molecule has 2 aromatic rings. The molecule has 2 rings (SSSR count). The van der Waals surface area contributed by atoms with Crippen LogP contribution in [-0.4, -0.2) is 21.6 Å². The maximum atomic E-state index is 11.7. The van der Waals surface area contributed by atoms with Gasteiger partial charge in [-0.3, -0.25) is 4.57 Å². The molecule has 0 aliphatic rings. The topological polar surface area (TPSA) is 102 Å². The van der Waals surface area contributed by atoms with Crippen molar-refractivity contribution in [1.29, 1.82) is 0 Å². The summed E-state index contributed by atoms with van der Waals surface area (Å²) in [6.07, 6.45) is 4.42. The Morgan fingerprint density at radius 1 is 1.22 bits per heavy atom. The molecule has 0 radical (unpaired) electrons. The van der Waals surface area contributed by atoms with Gasteiger partial charge in [0.25, 0.3) is 0 Å². The molecule has 0 spiro atoms. The van der Waals surface area contributed by atoms with Crippen LogP contribution in [0.15, 0.2) is 43.0 Å². The number of nitrogens with two attached hydrogens (primary N) is 1. The fourth-order valence-corrected chi connectivity index (χ4v) is 1.38. The predicted molar refractivity (Wildman–Crippen MR) is 66.3 cm³/mol. The van der Waals surface area contributed by atoms with Crippen LogP contribution in [0.1, 0.15) is 0 Å². The van der Waals surface area contributed by atoms with Gasteiger partial charge in [0.15, 0.2) is 0 Å². The highest BCUT2D eigenvalue weighted by Crippen LogP contribution is 2.15. The minimum Gasteiger partial charge on any atom is -0.351 e. The number of primary amides is 1. The molecule has 18 heavy (non-hydrogen) atoms. The minimum absolute atomic E-state index is 0.344. The van der Waals surface area contributed by atoms with Crippen LogP contribution < -0.4 is 16.4 Å². The van der Waals surface area contributed by atoms with E-state index in [0.717, 1.165) is 0 Å². The minimum atomic E-state index is -0.659. The molecule has 7 nitrogen and oxygen atoms in total. The molecule has 0 fully saturated rings. The third-order valence-electron chi connectivity index (χ3n) is 2.12. The van der Waals surface area contributed by atoms with E-state index in [9.17, 15) is 9.59 Å². The number of urea groups is 1. The van der Waals surface area contributed by atoms with E-state index in [-0.39, 0.29) is 6.03 Å². The van der Waals surface area contributed by atoms with E-state index in [1.165, 1.54) is 23.3 Å². The highest BCUT2D eigenvalue weighted by molar-refractivity contribution is 5.93. The first-order chi connectivity index (χ1) is 8.65. The lowest BCUT2D eigenvalue weighted by Gasteiger charge is -2.07. The molecule has 1 aromatic heterocycles. The van der Waals surface area contributed by atoms with Gasteiger partial charge in [-0.25, -0.2) is 14.6 Å². The Balaban J connectivity index is 2.10. The first-order valence-electron chi connectivity index (χ1n) is 5.11. The molecule has 4 N–H and O–H groups in total. The van der Waals surface area contributed by atoms with Gasteiger partial charge in [0.2, 0.25) is 0 Å². The highest BCUT2D eigenvalue weighted by atomic mass is 16.2. The zero-order chi connectivity index (χ0) is 13.0. The van der Waals surface area contributed by atoms with Crippen molar-refractivity contribution in [1.82, 2.24) is 9.55 Å². The Kier molecular flexibility index (Phi) is 3.24. The van der Waals surface area contributed by atoms with E-state index < -0.39 is 6.03 Å². The summed E-state index contributed by atoms with van der Waals surface area (Å²) in [5, 5.41) is 5.07. The van der Waals surface area contributed by atoms with Gasteiger partial charge in [-0.15, -0.1) is 0 Å². The molecule has 3 amide bonds. The third kappa shape index (κ3) is 2.85. The number of anilines is 2. The van der Waals surface area contributed by atoms with E-state index in [4.69, 9.17) is 5.73 Å². The van der Waals surface area contributed by atoms with Gasteiger partial charge in [-0.05, 0) is 18.2 Å². The standard InChI is InChI=1S/C11H11N5O2/c12-10(17)14-8-2-1-3-9(6-8)15-11(18)16-5-4-13-7-16/h1-7H,(H,15,18)(H3,12,14,17). The fraction of sp³-hybridized carbons (Fsp3) is 0. The molecule has 0 aliphatic carbocycles. The summed E-state index contributed by atoms with van der Waals surface area (Å²) in [7, 11) is 0. The molecular weight excluding hydrogens is 234 g/mol. The summed E-state index contributed by atoms with van der Waals surface area (Å²) >= 11 is 0. The van der Waals surface area contributed by atoms with Gasteiger partial charge in [-0.2, -0.15) is 0 Å². The van der Waals surface area contributed by atoms with Gasteiger partial charge in [0.1, 0.15) is 6.33 Å². The Hall–Kier alpha value is -2.83. The highest BCUT2D eigenvalue weighted by Gasteiger charge is 2.04. The first-order valence-corrected chi connectivity index (χ1v) is 5.11.